The standard InChI is InChI=1S/C23H19Cl2F2N3O6/c1-11(31)35-10-23(26,27)22-29-28-21-17(9-18(32)33)36-20(13-4-3-5-16(34-2)19(13)25)14-8-12(24)6-7-15(14)30(21)22/h3-8,17,20H,9-10H2,1-2H3,(H,32,33)/t17-,20-/m1/s1. The number of carbonyl (C=O) groups excluding carboxylic acids is 1. The first-order valence-electron chi connectivity index (χ1n) is 10.5. The molecule has 13 heteroatoms. The van der Waals surface area contributed by atoms with E-state index in [1.54, 1.807) is 18.2 Å². The predicted molar refractivity (Wildman–Crippen MR) is 123 cm³/mol. The van der Waals surface area contributed by atoms with Gasteiger partial charge in [-0.1, -0.05) is 35.3 Å². The summed E-state index contributed by atoms with van der Waals surface area (Å²) >= 11 is 12.8. The lowest BCUT2D eigenvalue weighted by Crippen LogP contribution is -2.27. The van der Waals surface area contributed by atoms with E-state index in [2.05, 4.69) is 14.9 Å². The number of fused-ring (bicyclic) bond motifs is 3. The van der Waals surface area contributed by atoms with Gasteiger partial charge < -0.3 is 19.3 Å². The van der Waals surface area contributed by atoms with Crippen LogP contribution in [-0.4, -0.2) is 45.5 Å². The second-order valence-corrected chi connectivity index (χ2v) is 8.69. The Kier molecular flexibility index (Phi) is 7.17. The number of ether oxygens (including phenoxy) is 3. The summed E-state index contributed by atoms with van der Waals surface area (Å²) in [5, 5.41) is 17.5. The Morgan fingerprint density at radius 1 is 1.19 bits per heavy atom. The first-order valence-corrected chi connectivity index (χ1v) is 11.3. The first-order chi connectivity index (χ1) is 17.0. The van der Waals surface area contributed by atoms with Gasteiger partial charge in [0.1, 0.15) is 18.0 Å². The Morgan fingerprint density at radius 2 is 1.94 bits per heavy atom. The highest BCUT2D eigenvalue weighted by molar-refractivity contribution is 6.33. The summed E-state index contributed by atoms with van der Waals surface area (Å²) in [6.07, 6.45) is -2.97. The van der Waals surface area contributed by atoms with Crippen LogP contribution in [0.4, 0.5) is 8.78 Å². The van der Waals surface area contributed by atoms with Crippen LogP contribution in [0.5, 0.6) is 5.75 Å². The monoisotopic (exact) mass is 541 g/mol. The maximum atomic E-state index is 15.2. The van der Waals surface area contributed by atoms with E-state index in [4.69, 9.17) is 32.7 Å². The molecule has 4 rings (SSSR count). The average Bonchev–Trinajstić information content (AvgIpc) is 3.22. The summed E-state index contributed by atoms with van der Waals surface area (Å²) in [7, 11) is 1.43. The predicted octanol–water partition coefficient (Wildman–Crippen LogP) is 4.87. The molecule has 0 saturated carbocycles. The Bertz CT molecular complexity index is 1330. The Balaban J connectivity index is 1.98. The zero-order chi connectivity index (χ0) is 26.2. The molecule has 0 saturated heterocycles. The number of esters is 1. The van der Waals surface area contributed by atoms with Gasteiger partial charge >= 0.3 is 17.9 Å². The highest BCUT2D eigenvalue weighted by Crippen LogP contribution is 2.46. The third kappa shape index (κ3) is 4.86. The van der Waals surface area contributed by atoms with Gasteiger partial charge in [-0.2, -0.15) is 8.78 Å². The SMILES string of the molecule is COc1cccc([C@H]2O[C@H](CC(=O)O)c3nnc(C(F)(F)COC(C)=O)n3-c3ccc(Cl)cc32)c1Cl. The fourth-order valence-electron chi connectivity index (χ4n) is 3.90. The summed E-state index contributed by atoms with van der Waals surface area (Å²) < 4.78 is 47.4. The third-order valence-corrected chi connectivity index (χ3v) is 6.07. The lowest BCUT2D eigenvalue weighted by atomic mass is 9.99. The first kappa shape index (κ1) is 25.8. The molecule has 0 unspecified atom stereocenters. The topological polar surface area (TPSA) is 113 Å². The summed E-state index contributed by atoms with van der Waals surface area (Å²) in [6.45, 7) is -0.296. The van der Waals surface area contributed by atoms with Crippen molar-refractivity contribution in [2.75, 3.05) is 13.7 Å². The number of halogens is 4. The number of carbonyl (C=O) groups is 2. The van der Waals surface area contributed by atoms with Gasteiger partial charge in [0.2, 0.25) is 5.82 Å². The van der Waals surface area contributed by atoms with Crippen LogP contribution in [0.2, 0.25) is 10.0 Å². The number of carboxylic acids is 1. The average molecular weight is 542 g/mol. The number of methoxy groups -OCH3 is 1. The van der Waals surface area contributed by atoms with E-state index >= 15 is 8.78 Å². The zero-order valence-corrected chi connectivity index (χ0v) is 20.4. The van der Waals surface area contributed by atoms with Gasteiger partial charge in [0.25, 0.3) is 0 Å². The van der Waals surface area contributed by atoms with Crippen LogP contribution in [0, 0.1) is 0 Å². The van der Waals surface area contributed by atoms with Gasteiger partial charge in [-0.3, -0.25) is 14.2 Å². The number of rotatable bonds is 7. The van der Waals surface area contributed by atoms with E-state index in [1.807, 2.05) is 0 Å². The fourth-order valence-corrected chi connectivity index (χ4v) is 4.38. The van der Waals surface area contributed by atoms with Crippen molar-refractivity contribution in [2.24, 2.45) is 0 Å². The molecule has 1 N–H and O–H groups in total. The number of hydrogen-bond donors (Lipinski definition) is 1. The largest absolute Gasteiger partial charge is 0.495 e. The molecule has 1 aliphatic rings. The maximum Gasteiger partial charge on any atom is 0.340 e. The summed E-state index contributed by atoms with van der Waals surface area (Å²) in [4.78, 5) is 22.9. The number of benzene rings is 2. The van der Waals surface area contributed by atoms with Crippen LogP contribution in [-0.2, 0) is 25.0 Å². The normalized spacial score (nSPS) is 17.1. The molecule has 2 atom stereocenters. The minimum absolute atomic E-state index is 0.161. The van der Waals surface area contributed by atoms with Gasteiger partial charge in [0.15, 0.2) is 12.4 Å². The molecule has 0 bridgehead atoms. The second-order valence-electron chi connectivity index (χ2n) is 7.87. The molecular weight excluding hydrogens is 523 g/mol. The Labute approximate surface area is 213 Å². The molecule has 190 valence electrons. The van der Waals surface area contributed by atoms with Gasteiger partial charge in [-0.15, -0.1) is 10.2 Å². The number of aromatic nitrogens is 3. The van der Waals surface area contributed by atoms with E-state index in [9.17, 15) is 14.7 Å². The molecule has 0 radical (unpaired) electrons. The van der Waals surface area contributed by atoms with Crippen LogP contribution < -0.4 is 4.74 Å². The van der Waals surface area contributed by atoms with Crippen molar-refractivity contribution < 1.29 is 37.7 Å². The lowest BCUT2D eigenvalue weighted by Gasteiger charge is -2.23. The van der Waals surface area contributed by atoms with E-state index in [0.717, 1.165) is 11.5 Å². The number of nitrogens with zero attached hydrogens (tertiary/aromatic N) is 3. The van der Waals surface area contributed by atoms with Gasteiger partial charge in [-0.05, 0) is 24.3 Å². The zero-order valence-electron chi connectivity index (χ0n) is 18.9. The van der Waals surface area contributed by atoms with E-state index in [0.29, 0.717) is 16.9 Å². The smallest absolute Gasteiger partial charge is 0.340 e. The lowest BCUT2D eigenvalue weighted by molar-refractivity contribution is -0.154. The minimum Gasteiger partial charge on any atom is -0.495 e. The number of alkyl halides is 2. The maximum absolute atomic E-state index is 15.2. The summed E-state index contributed by atoms with van der Waals surface area (Å²) in [5.74, 6) is -6.65. The molecule has 2 aromatic carbocycles. The van der Waals surface area contributed by atoms with Crippen LogP contribution in [0.1, 0.15) is 48.3 Å². The van der Waals surface area contributed by atoms with Crippen LogP contribution in [0.25, 0.3) is 5.69 Å². The number of hydrogen-bond acceptors (Lipinski definition) is 7. The summed E-state index contributed by atoms with van der Waals surface area (Å²) in [6, 6.07) is 9.35. The molecule has 0 amide bonds. The second kappa shape index (κ2) is 10.00. The van der Waals surface area contributed by atoms with Crippen molar-refractivity contribution >= 4 is 35.1 Å². The van der Waals surface area contributed by atoms with Crippen LogP contribution in [0.15, 0.2) is 36.4 Å². The van der Waals surface area contributed by atoms with Crippen molar-refractivity contribution in [1.82, 2.24) is 14.8 Å². The molecule has 0 spiro atoms. The summed E-state index contributed by atoms with van der Waals surface area (Å²) in [5.41, 5.74) is 0.853. The number of carboxylic acid groups (broad SMARTS) is 1. The van der Waals surface area contributed by atoms with Crippen molar-refractivity contribution in [3.63, 3.8) is 0 Å². The molecule has 0 aliphatic carbocycles. The molecule has 36 heavy (non-hydrogen) atoms. The fraction of sp³-hybridized carbons (Fsp3) is 0.304. The van der Waals surface area contributed by atoms with Gasteiger partial charge in [0, 0.05) is 23.1 Å². The third-order valence-electron chi connectivity index (χ3n) is 5.43. The quantitative estimate of drug-likeness (QED) is 0.421. The molecule has 9 nitrogen and oxygen atoms in total. The van der Waals surface area contributed by atoms with Gasteiger partial charge in [-0.25, -0.2) is 0 Å². The van der Waals surface area contributed by atoms with Crippen LogP contribution in [0.3, 0.4) is 0 Å². The highest BCUT2D eigenvalue weighted by Gasteiger charge is 2.44. The van der Waals surface area contributed by atoms with Gasteiger partial charge in [0.05, 0.1) is 24.2 Å². The van der Waals surface area contributed by atoms with Crippen molar-refractivity contribution in [3.05, 3.63) is 69.2 Å². The minimum atomic E-state index is -3.77. The highest BCUT2D eigenvalue weighted by atomic mass is 35.5. The van der Waals surface area contributed by atoms with Crippen molar-refractivity contribution in [1.29, 1.82) is 0 Å². The Hall–Kier alpha value is -3.28. The molecular formula is C23H19Cl2F2N3O6. The molecule has 1 aliphatic heterocycles. The Morgan fingerprint density at radius 3 is 2.61 bits per heavy atom. The molecule has 0 fully saturated rings. The van der Waals surface area contributed by atoms with E-state index in [-0.39, 0.29) is 21.6 Å². The van der Waals surface area contributed by atoms with Crippen molar-refractivity contribution in [3.8, 4) is 11.4 Å². The van der Waals surface area contributed by atoms with E-state index < -0.39 is 48.9 Å². The number of aliphatic carboxylic acids is 1. The van der Waals surface area contributed by atoms with E-state index in [1.165, 1.54) is 25.3 Å². The molecule has 3 aromatic rings. The molecule has 2 heterocycles. The van der Waals surface area contributed by atoms with Crippen molar-refractivity contribution in [2.45, 2.75) is 31.5 Å². The van der Waals surface area contributed by atoms with Crippen LogP contribution >= 0.6 is 23.2 Å². The molecule has 1 aromatic heterocycles.